The van der Waals surface area contributed by atoms with Crippen LogP contribution in [0, 0.1) is 0 Å². The fraction of sp³-hybridized carbons (Fsp3) is 0.273. The summed E-state index contributed by atoms with van der Waals surface area (Å²) in [6.07, 6.45) is 13.0. The van der Waals surface area contributed by atoms with Crippen LogP contribution in [-0.4, -0.2) is 27.4 Å². The number of amides is 1. The molecule has 3 aromatic heterocycles. The Kier molecular flexibility index (Phi) is 10.7. The van der Waals surface area contributed by atoms with Crippen molar-refractivity contribution in [1.82, 2.24) is 15.0 Å². The molecule has 302 valence electrons. The third kappa shape index (κ3) is 8.06. The Labute approximate surface area is 356 Å². The number of anilines is 1. The van der Waals surface area contributed by atoms with Crippen molar-refractivity contribution < 1.29 is 4.79 Å². The van der Waals surface area contributed by atoms with Gasteiger partial charge in [-0.15, -0.1) is 0 Å². The molecule has 0 bridgehead atoms. The molecule has 60 heavy (non-hydrogen) atoms. The summed E-state index contributed by atoms with van der Waals surface area (Å²) in [5.41, 5.74) is 17.9. The normalized spacial score (nSPS) is 13.6. The van der Waals surface area contributed by atoms with Crippen molar-refractivity contribution in [1.29, 1.82) is 0 Å². The topological polar surface area (TPSA) is 59.0 Å². The first-order chi connectivity index (χ1) is 28.6. The van der Waals surface area contributed by atoms with E-state index in [0.29, 0.717) is 13.0 Å². The Bertz CT molecular complexity index is 2670. The van der Waals surface area contributed by atoms with E-state index in [1.165, 1.54) is 16.7 Å². The van der Waals surface area contributed by atoms with E-state index in [0.717, 1.165) is 78.9 Å². The van der Waals surface area contributed by atoms with Crippen LogP contribution in [0.15, 0.2) is 140 Å². The second-order valence-corrected chi connectivity index (χ2v) is 19.3. The lowest BCUT2D eigenvalue weighted by Gasteiger charge is -2.25. The molecule has 0 atom stereocenters. The number of hydrogen-bond donors (Lipinski definition) is 0. The molecule has 5 nitrogen and oxygen atoms in total. The van der Waals surface area contributed by atoms with E-state index < -0.39 is 0 Å². The summed E-state index contributed by atoms with van der Waals surface area (Å²) in [7, 11) is 0. The first kappa shape index (κ1) is 40.6. The predicted octanol–water partition coefficient (Wildman–Crippen LogP) is 13.9. The standard InChI is InChI=1S/C55H56N4O/c1-53(2,3)48-24-27-56-33-45(48)39-18-12-36(13-19-39)42-31-44(38-16-22-41(23-17-38)47-35-58-29-26-50(47)55(7,8)9)51(59-30-10-11-52(59)60)32-43(42)37-14-20-40(21-15-37)46-34-57-28-25-49(46)54(4,5)6/h12-29,31-35H,10-11,30H2,1-9H3. The molecule has 0 spiro atoms. The lowest BCUT2D eigenvalue weighted by molar-refractivity contribution is -0.117. The van der Waals surface area contributed by atoms with Crippen LogP contribution >= 0.6 is 0 Å². The minimum Gasteiger partial charge on any atom is -0.312 e. The summed E-state index contributed by atoms with van der Waals surface area (Å²) in [5, 5.41) is 0. The maximum absolute atomic E-state index is 13.6. The summed E-state index contributed by atoms with van der Waals surface area (Å²) in [6, 6.07) is 37.5. The molecule has 7 aromatic rings. The van der Waals surface area contributed by atoms with Crippen LogP contribution < -0.4 is 4.90 Å². The Morgan fingerprint density at radius 2 is 0.733 bits per heavy atom. The van der Waals surface area contributed by atoms with Crippen molar-refractivity contribution in [2.45, 2.75) is 91.4 Å². The maximum atomic E-state index is 13.6. The molecule has 5 heteroatoms. The molecule has 1 aliphatic heterocycles. The summed E-state index contributed by atoms with van der Waals surface area (Å²) in [6.45, 7) is 20.9. The molecule has 1 amide bonds. The highest BCUT2D eigenvalue weighted by molar-refractivity contribution is 6.03. The molecular weight excluding hydrogens is 733 g/mol. The second-order valence-electron chi connectivity index (χ2n) is 19.3. The Balaban J connectivity index is 1.30. The molecular formula is C55H56N4O. The van der Waals surface area contributed by atoms with Crippen molar-refractivity contribution in [2.24, 2.45) is 0 Å². The number of hydrogen-bond acceptors (Lipinski definition) is 4. The van der Waals surface area contributed by atoms with E-state index in [4.69, 9.17) is 0 Å². The van der Waals surface area contributed by atoms with Crippen molar-refractivity contribution in [3.63, 3.8) is 0 Å². The van der Waals surface area contributed by atoms with E-state index in [2.05, 4.69) is 180 Å². The summed E-state index contributed by atoms with van der Waals surface area (Å²) in [5.74, 6) is 0.161. The van der Waals surface area contributed by atoms with Gasteiger partial charge in [0.05, 0.1) is 5.69 Å². The number of nitrogens with zero attached hydrogens (tertiary/aromatic N) is 4. The predicted molar refractivity (Wildman–Crippen MR) is 250 cm³/mol. The molecule has 0 aliphatic carbocycles. The maximum Gasteiger partial charge on any atom is 0.227 e. The number of rotatable bonds is 7. The molecule has 0 unspecified atom stereocenters. The van der Waals surface area contributed by atoms with Gasteiger partial charge in [-0.25, -0.2) is 0 Å². The van der Waals surface area contributed by atoms with Gasteiger partial charge in [0.1, 0.15) is 0 Å². The SMILES string of the molecule is CC(C)(C)c1ccncc1-c1ccc(-c2cc(-c3ccc(-c4cnccc4C(C)(C)C)cc3)c(N3CCCC3=O)cc2-c2ccc(-c3cnccc3C(C)(C)C)cc2)cc1. The van der Waals surface area contributed by atoms with Crippen molar-refractivity contribution in [3.8, 4) is 66.8 Å². The van der Waals surface area contributed by atoms with Gasteiger partial charge in [0.15, 0.2) is 0 Å². The minimum atomic E-state index is -0.0308. The van der Waals surface area contributed by atoms with Crippen LogP contribution in [0.25, 0.3) is 66.8 Å². The first-order valence-corrected chi connectivity index (χ1v) is 21.2. The average Bonchev–Trinajstić information content (AvgIpc) is 3.68. The quantitative estimate of drug-likeness (QED) is 0.161. The molecule has 0 saturated carbocycles. The van der Waals surface area contributed by atoms with E-state index in [9.17, 15) is 4.79 Å². The van der Waals surface area contributed by atoms with Crippen LogP contribution in [0.2, 0.25) is 0 Å². The smallest absolute Gasteiger partial charge is 0.227 e. The zero-order valence-electron chi connectivity index (χ0n) is 36.6. The molecule has 1 saturated heterocycles. The van der Waals surface area contributed by atoms with Gasteiger partial charge in [0.2, 0.25) is 5.91 Å². The molecule has 1 fully saturated rings. The summed E-state index contributed by atoms with van der Waals surface area (Å²) in [4.78, 5) is 29.2. The van der Waals surface area contributed by atoms with Crippen LogP contribution in [0.3, 0.4) is 0 Å². The zero-order chi connectivity index (χ0) is 42.4. The Morgan fingerprint density at radius 1 is 0.417 bits per heavy atom. The number of aromatic nitrogens is 3. The third-order valence-corrected chi connectivity index (χ3v) is 11.9. The van der Waals surface area contributed by atoms with Gasteiger partial charge in [-0.1, -0.05) is 135 Å². The van der Waals surface area contributed by atoms with Crippen LogP contribution in [0.1, 0.15) is 91.8 Å². The van der Waals surface area contributed by atoms with E-state index in [-0.39, 0.29) is 22.2 Å². The molecule has 0 radical (unpaired) electrons. The van der Waals surface area contributed by atoms with Gasteiger partial charge in [-0.05, 0) is 114 Å². The van der Waals surface area contributed by atoms with Crippen molar-refractivity contribution >= 4 is 11.6 Å². The van der Waals surface area contributed by atoms with Gasteiger partial charge in [-0.2, -0.15) is 0 Å². The molecule has 8 rings (SSSR count). The second kappa shape index (κ2) is 15.8. The van der Waals surface area contributed by atoms with E-state index in [1.54, 1.807) is 0 Å². The summed E-state index contributed by atoms with van der Waals surface area (Å²) < 4.78 is 0. The number of carbonyl (C=O) groups is 1. The first-order valence-electron chi connectivity index (χ1n) is 21.2. The fourth-order valence-corrected chi connectivity index (χ4v) is 8.75. The van der Waals surface area contributed by atoms with Crippen molar-refractivity contribution in [3.05, 3.63) is 157 Å². The van der Waals surface area contributed by atoms with Crippen LogP contribution in [0.4, 0.5) is 5.69 Å². The van der Waals surface area contributed by atoms with Crippen LogP contribution in [-0.2, 0) is 21.0 Å². The number of pyridine rings is 3. The average molecular weight is 789 g/mol. The Hall–Kier alpha value is -6.20. The molecule has 4 aromatic carbocycles. The third-order valence-electron chi connectivity index (χ3n) is 11.9. The van der Waals surface area contributed by atoms with Gasteiger partial charge < -0.3 is 4.90 Å². The molecule has 4 heterocycles. The highest BCUT2D eigenvalue weighted by Crippen LogP contribution is 2.45. The number of benzene rings is 4. The monoisotopic (exact) mass is 788 g/mol. The highest BCUT2D eigenvalue weighted by Gasteiger charge is 2.28. The van der Waals surface area contributed by atoms with Gasteiger partial charge >= 0.3 is 0 Å². The minimum absolute atomic E-state index is 0.0294. The molecule has 0 N–H and O–H groups in total. The van der Waals surface area contributed by atoms with E-state index in [1.807, 2.05) is 42.1 Å². The van der Waals surface area contributed by atoms with Crippen molar-refractivity contribution in [2.75, 3.05) is 11.4 Å². The largest absolute Gasteiger partial charge is 0.312 e. The number of carbonyl (C=O) groups excluding carboxylic acids is 1. The van der Waals surface area contributed by atoms with Crippen LogP contribution in [0.5, 0.6) is 0 Å². The fourth-order valence-electron chi connectivity index (χ4n) is 8.75. The summed E-state index contributed by atoms with van der Waals surface area (Å²) >= 11 is 0. The van der Waals surface area contributed by atoms with Gasteiger partial charge in [0.25, 0.3) is 0 Å². The van der Waals surface area contributed by atoms with Gasteiger partial charge in [-0.3, -0.25) is 19.7 Å². The lowest BCUT2D eigenvalue weighted by Crippen LogP contribution is -2.24. The zero-order valence-corrected chi connectivity index (χ0v) is 36.6. The van der Waals surface area contributed by atoms with Gasteiger partial charge in [0, 0.05) is 72.4 Å². The lowest BCUT2D eigenvalue weighted by atomic mass is 9.82. The van der Waals surface area contributed by atoms with E-state index >= 15 is 0 Å². The molecule has 1 aliphatic rings. The Morgan fingerprint density at radius 3 is 1.05 bits per heavy atom. The highest BCUT2D eigenvalue weighted by atomic mass is 16.2.